The number of anilines is 1. The van der Waals surface area contributed by atoms with Gasteiger partial charge in [0.2, 0.25) is 5.78 Å². The molecular formula is C18H20N2O2S. The fourth-order valence-corrected chi connectivity index (χ4v) is 3.39. The number of rotatable bonds is 7. The SMILES string of the molecule is COCCCNc1sc(C(=O)c2ccc(C)cc2)c(C)c1C#N. The smallest absolute Gasteiger partial charge is 0.203 e. The standard InChI is InChI=1S/C18H20N2O2S/c1-12-5-7-14(8-6-12)16(21)17-13(2)15(11-19)18(23-17)20-9-4-10-22-3/h5-8,20H,4,9-10H2,1-3H3. The van der Waals surface area contributed by atoms with Crippen LogP contribution in [0.5, 0.6) is 0 Å². The summed E-state index contributed by atoms with van der Waals surface area (Å²) < 4.78 is 5.02. The lowest BCUT2D eigenvalue weighted by molar-refractivity contribution is 0.104. The van der Waals surface area contributed by atoms with Gasteiger partial charge in [0.05, 0.1) is 10.4 Å². The average Bonchev–Trinajstić information content (AvgIpc) is 2.87. The minimum Gasteiger partial charge on any atom is -0.385 e. The zero-order valence-corrected chi connectivity index (χ0v) is 14.4. The molecule has 2 aromatic rings. The molecule has 0 amide bonds. The Morgan fingerprint density at radius 1 is 1.30 bits per heavy atom. The fourth-order valence-electron chi connectivity index (χ4n) is 2.24. The van der Waals surface area contributed by atoms with E-state index < -0.39 is 0 Å². The molecule has 0 spiro atoms. The molecule has 1 N–H and O–H groups in total. The van der Waals surface area contributed by atoms with E-state index in [1.54, 1.807) is 7.11 Å². The Morgan fingerprint density at radius 3 is 2.61 bits per heavy atom. The summed E-state index contributed by atoms with van der Waals surface area (Å²) in [6, 6.07) is 9.70. The van der Waals surface area contributed by atoms with Crippen LogP contribution in [0.3, 0.4) is 0 Å². The molecule has 0 aliphatic heterocycles. The molecule has 5 heteroatoms. The summed E-state index contributed by atoms with van der Waals surface area (Å²) >= 11 is 1.35. The molecule has 2 rings (SSSR count). The Labute approximate surface area is 140 Å². The molecule has 1 aromatic carbocycles. The van der Waals surface area contributed by atoms with E-state index in [1.807, 2.05) is 38.1 Å². The maximum atomic E-state index is 12.7. The number of carbonyl (C=O) groups excluding carboxylic acids is 1. The highest BCUT2D eigenvalue weighted by molar-refractivity contribution is 7.18. The van der Waals surface area contributed by atoms with E-state index in [4.69, 9.17) is 4.74 Å². The number of ketones is 1. The second-order valence-corrected chi connectivity index (χ2v) is 6.36. The molecule has 0 saturated heterocycles. The van der Waals surface area contributed by atoms with Crippen LogP contribution < -0.4 is 5.32 Å². The lowest BCUT2D eigenvalue weighted by Crippen LogP contribution is -2.04. The lowest BCUT2D eigenvalue weighted by Gasteiger charge is -2.03. The predicted molar refractivity (Wildman–Crippen MR) is 93.4 cm³/mol. The van der Waals surface area contributed by atoms with E-state index in [-0.39, 0.29) is 5.78 Å². The van der Waals surface area contributed by atoms with Crippen LogP contribution in [-0.2, 0) is 4.74 Å². The van der Waals surface area contributed by atoms with Crippen molar-refractivity contribution < 1.29 is 9.53 Å². The minimum absolute atomic E-state index is 0.0334. The van der Waals surface area contributed by atoms with E-state index in [1.165, 1.54) is 11.3 Å². The monoisotopic (exact) mass is 328 g/mol. The molecule has 0 fully saturated rings. The van der Waals surface area contributed by atoms with Crippen molar-refractivity contribution in [2.24, 2.45) is 0 Å². The second kappa shape index (κ2) is 7.91. The average molecular weight is 328 g/mol. The largest absolute Gasteiger partial charge is 0.385 e. The Bertz CT molecular complexity index is 727. The summed E-state index contributed by atoms with van der Waals surface area (Å²) in [5, 5.41) is 13.4. The van der Waals surface area contributed by atoms with Crippen molar-refractivity contribution in [3.8, 4) is 6.07 Å². The molecule has 120 valence electrons. The van der Waals surface area contributed by atoms with Crippen LogP contribution in [0.25, 0.3) is 0 Å². The van der Waals surface area contributed by atoms with E-state index >= 15 is 0 Å². The van der Waals surface area contributed by atoms with Crippen LogP contribution >= 0.6 is 11.3 Å². The van der Waals surface area contributed by atoms with Crippen molar-refractivity contribution in [2.75, 3.05) is 25.6 Å². The van der Waals surface area contributed by atoms with Gasteiger partial charge in [-0.05, 0) is 25.8 Å². The molecule has 4 nitrogen and oxygen atoms in total. The molecule has 1 heterocycles. The predicted octanol–water partition coefficient (Wildman–Crippen LogP) is 3.92. The Morgan fingerprint density at radius 2 is 2.00 bits per heavy atom. The third-order valence-corrected chi connectivity index (χ3v) is 4.84. The van der Waals surface area contributed by atoms with Crippen LogP contribution in [0.1, 0.15) is 38.3 Å². The highest BCUT2D eigenvalue weighted by Gasteiger charge is 2.20. The number of nitrogens with one attached hydrogen (secondary N) is 1. The quantitative estimate of drug-likeness (QED) is 0.618. The number of hydrogen-bond donors (Lipinski definition) is 1. The van der Waals surface area contributed by atoms with Crippen LogP contribution in [0.2, 0.25) is 0 Å². The van der Waals surface area contributed by atoms with Crippen LogP contribution in [0.15, 0.2) is 24.3 Å². The van der Waals surface area contributed by atoms with Crippen molar-refractivity contribution in [1.82, 2.24) is 0 Å². The van der Waals surface area contributed by atoms with Gasteiger partial charge in [0.25, 0.3) is 0 Å². The van der Waals surface area contributed by atoms with Crippen LogP contribution in [-0.4, -0.2) is 26.0 Å². The first kappa shape index (κ1) is 17.2. The number of methoxy groups -OCH3 is 1. The summed E-state index contributed by atoms with van der Waals surface area (Å²) in [4.78, 5) is 13.3. The van der Waals surface area contributed by atoms with Gasteiger partial charge in [-0.25, -0.2) is 0 Å². The van der Waals surface area contributed by atoms with Crippen molar-refractivity contribution >= 4 is 22.1 Å². The first-order valence-corrected chi connectivity index (χ1v) is 8.27. The summed E-state index contributed by atoms with van der Waals surface area (Å²) in [6.45, 7) is 5.19. The number of benzene rings is 1. The summed E-state index contributed by atoms with van der Waals surface area (Å²) in [5.74, 6) is -0.0334. The molecular weight excluding hydrogens is 308 g/mol. The topological polar surface area (TPSA) is 62.1 Å². The molecule has 0 unspecified atom stereocenters. The zero-order chi connectivity index (χ0) is 16.8. The molecule has 23 heavy (non-hydrogen) atoms. The van der Waals surface area contributed by atoms with Gasteiger partial charge >= 0.3 is 0 Å². The minimum atomic E-state index is -0.0334. The van der Waals surface area contributed by atoms with Gasteiger partial charge in [-0.2, -0.15) is 5.26 Å². The maximum absolute atomic E-state index is 12.7. The van der Waals surface area contributed by atoms with Gasteiger partial charge in [-0.3, -0.25) is 4.79 Å². The lowest BCUT2D eigenvalue weighted by atomic mass is 10.0. The molecule has 0 aliphatic rings. The normalized spacial score (nSPS) is 10.3. The van der Waals surface area contributed by atoms with E-state index in [9.17, 15) is 10.1 Å². The number of hydrogen-bond acceptors (Lipinski definition) is 5. The van der Waals surface area contributed by atoms with Crippen LogP contribution in [0, 0.1) is 25.2 Å². The summed E-state index contributed by atoms with van der Waals surface area (Å²) in [7, 11) is 1.66. The number of nitrogens with zero attached hydrogens (tertiary/aromatic N) is 1. The molecule has 0 aliphatic carbocycles. The first-order valence-electron chi connectivity index (χ1n) is 7.46. The van der Waals surface area contributed by atoms with Gasteiger partial charge in [0.1, 0.15) is 11.1 Å². The van der Waals surface area contributed by atoms with Gasteiger partial charge < -0.3 is 10.1 Å². The zero-order valence-electron chi connectivity index (χ0n) is 13.6. The third-order valence-electron chi connectivity index (χ3n) is 3.59. The molecule has 0 atom stereocenters. The first-order chi connectivity index (χ1) is 11.1. The maximum Gasteiger partial charge on any atom is 0.203 e. The number of aryl methyl sites for hydroxylation is 1. The molecule has 1 aromatic heterocycles. The van der Waals surface area contributed by atoms with Gasteiger partial charge in [0.15, 0.2) is 0 Å². The summed E-state index contributed by atoms with van der Waals surface area (Å²) in [6.07, 6.45) is 0.847. The fraction of sp³-hybridized carbons (Fsp3) is 0.333. The number of thiophene rings is 1. The molecule has 0 radical (unpaired) electrons. The van der Waals surface area contributed by atoms with Gasteiger partial charge in [0, 0.05) is 25.8 Å². The van der Waals surface area contributed by atoms with E-state index in [0.29, 0.717) is 29.2 Å². The van der Waals surface area contributed by atoms with Gasteiger partial charge in [-0.1, -0.05) is 29.8 Å². The number of ether oxygens (including phenoxy) is 1. The van der Waals surface area contributed by atoms with Crippen molar-refractivity contribution in [3.05, 3.63) is 51.4 Å². The molecule has 0 bridgehead atoms. The highest BCUT2D eigenvalue weighted by Crippen LogP contribution is 2.34. The Hall–Kier alpha value is -2.16. The highest BCUT2D eigenvalue weighted by atomic mass is 32.1. The van der Waals surface area contributed by atoms with Gasteiger partial charge in [-0.15, -0.1) is 11.3 Å². The van der Waals surface area contributed by atoms with E-state index in [2.05, 4.69) is 11.4 Å². The van der Waals surface area contributed by atoms with Crippen LogP contribution in [0.4, 0.5) is 5.00 Å². The third kappa shape index (κ3) is 3.98. The van der Waals surface area contributed by atoms with Crippen molar-refractivity contribution in [3.63, 3.8) is 0 Å². The Kier molecular flexibility index (Phi) is 5.91. The number of carbonyl (C=O) groups is 1. The molecule has 0 saturated carbocycles. The van der Waals surface area contributed by atoms with Crippen molar-refractivity contribution in [1.29, 1.82) is 5.26 Å². The Balaban J connectivity index is 2.25. The summed E-state index contributed by atoms with van der Waals surface area (Å²) in [5.41, 5.74) is 3.07. The second-order valence-electron chi connectivity index (χ2n) is 5.34. The van der Waals surface area contributed by atoms with E-state index in [0.717, 1.165) is 22.5 Å². The van der Waals surface area contributed by atoms with Crippen molar-refractivity contribution in [2.45, 2.75) is 20.3 Å². The number of nitriles is 1.